The number of fused-ring (bicyclic) bond motifs is 1. The summed E-state index contributed by atoms with van der Waals surface area (Å²) >= 11 is 1.01. The van der Waals surface area contributed by atoms with E-state index in [0.717, 1.165) is 11.3 Å². The summed E-state index contributed by atoms with van der Waals surface area (Å²) in [5, 5.41) is 19.7. The molecule has 0 aliphatic heterocycles. The minimum absolute atomic E-state index is 0.141. The van der Waals surface area contributed by atoms with Crippen LogP contribution in [-0.2, 0) is 0 Å². The lowest BCUT2D eigenvalue weighted by molar-refractivity contribution is 0.0701. The predicted octanol–water partition coefficient (Wildman–Crippen LogP) is 3.98. The number of nitriles is 1. The monoisotopic (exact) mass is 312 g/mol. The van der Waals surface area contributed by atoms with Crippen LogP contribution in [0, 0.1) is 24.1 Å². The molecule has 0 aliphatic rings. The third-order valence-electron chi connectivity index (χ3n) is 3.30. The Morgan fingerprint density at radius 3 is 2.77 bits per heavy atom. The number of carbonyl (C=O) groups is 1. The first-order valence-corrected chi connectivity index (χ1v) is 7.16. The normalized spacial score (nSPS) is 10.6. The van der Waals surface area contributed by atoms with Crippen LogP contribution in [0.1, 0.15) is 20.9 Å². The number of thiazole rings is 1. The van der Waals surface area contributed by atoms with Gasteiger partial charge in [-0.3, -0.25) is 0 Å². The second-order valence-electron chi connectivity index (χ2n) is 4.71. The van der Waals surface area contributed by atoms with Gasteiger partial charge in [0.1, 0.15) is 15.7 Å². The lowest BCUT2D eigenvalue weighted by Crippen LogP contribution is -1.94. The highest BCUT2D eigenvalue weighted by atomic mass is 32.1. The van der Waals surface area contributed by atoms with Gasteiger partial charge in [0, 0.05) is 16.3 Å². The molecule has 3 aromatic rings. The van der Waals surface area contributed by atoms with Crippen molar-refractivity contribution in [1.29, 1.82) is 5.26 Å². The molecule has 0 spiro atoms. The summed E-state index contributed by atoms with van der Waals surface area (Å²) < 4.78 is 14.0. The molecule has 0 unspecified atom stereocenters. The van der Waals surface area contributed by atoms with Crippen LogP contribution in [0.15, 0.2) is 30.3 Å². The molecule has 0 saturated heterocycles. The maximum Gasteiger partial charge on any atom is 0.347 e. The van der Waals surface area contributed by atoms with E-state index in [4.69, 9.17) is 5.11 Å². The Morgan fingerprint density at radius 2 is 2.14 bits per heavy atom. The van der Waals surface area contributed by atoms with Gasteiger partial charge >= 0.3 is 5.97 Å². The topological polar surface area (TPSA) is 74.0 Å². The summed E-state index contributed by atoms with van der Waals surface area (Å²) in [6, 6.07) is 9.79. The Morgan fingerprint density at radius 1 is 1.36 bits per heavy atom. The van der Waals surface area contributed by atoms with E-state index in [1.165, 1.54) is 6.07 Å². The van der Waals surface area contributed by atoms with Gasteiger partial charge < -0.3 is 5.11 Å². The summed E-state index contributed by atoms with van der Waals surface area (Å²) in [6.07, 6.45) is 0. The van der Waals surface area contributed by atoms with Crippen LogP contribution < -0.4 is 0 Å². The zero-order valence-electron chi connectivity index (χ0n) is 11.4. The fourth-order valence-electron chi connectivity index (χ4n) is 2.28. The van der Waals surface area contributed by atoms with Crippen LogP contribution in [0.3, 0.4) is 0 Å². The first kappa shape index (κ1) is 14.2. The van der Waals surface area contributed by atoms with E-state index < -0.39 is 11.8 Å². The highest BCUT2D eigenvalue weighted by molar-refractivity contribution is 7.17. The molecular weight excluding hydrogens is 303 g/mol. The molecule has 4 nitrogen and oxygen atoms in total. The summed E-state index contributed by atoms with van der Waals surface area (Å²) in [5.74, 6) is -1.48. The molecule has 0 radical (unpaired) electrons. The van der Waals surface area contributed by atoms with Crippen molar-refractivity contribution in [2.75, 3.05) is 0 Å². The second kappa shape index (κ2) is 5.20. The molecule has 0 atom stereocenters. The average Bonchev–Trinajstić information content (AvgIpc) is 2.89. The largest absolute Gasteiger partial charge is 0.477 e. The van der Waals surface area contributed by atoms with Gasteiger partial charge in [-0.05, 0) is 25.1 Å². The van der Waals surface area contributed by atoms with Crippen molar-refractivity contribution < 1.29 is 14.3 Å². The van der Waals surface area contributed by atoms with E-state index in [1.54, 1.807) is 31.2 Å². The maximum absolute atomic E-state index is 14.0. The van der Waals surface area contributed by atoms with E-state index >= 15 is 0 Å². The maximum atomic E-state index is 14.0. The first-order valence-electron chi connectivity index (χ1n) is 6.34. The number of hydrogen-bond acceptors (Lipinski definition) is 4. The number of carboxylic acids is 1. The predicted molar refractivity (Wildman–Crippen MR) is 81.4 cm³/mol. The van der Waals surface area contributed by atoms with Gasteiger partial charge in [0.05, 0.1) is 17.3 Å². The minimum Gasteiger partial charge on any atom is -0.477 e. The molecule has 0 aliphatic carbocycles. The van der Waals surface area contributed by atoms with E-state index in [0.29, 0.717) is 32.6 Å². The van der Waals surface area contributed by atoms with Gasteiger partial charge in [-0.2, -0.15) is 5.26 Å². The number of hydrogen-bond donors (Lipinski definition) is 1. The van der Waals surface area contributed by atoms with E-state index in [1.807, 2.05) is 6.07 Å². The van der Waals surface area contributed by atoms with Crippen molar-refractivity contribution in [3.05, 3.63) is 52.3 Å². The van der Waals surface area contributed by atoms with Gasteiger partial charge in [0.25, 0.3) is 0 Å². The lowest BCUT2D eigenvalue weighted by atomic mass is 10.0. The summed E-state index contributed by atoms with van der Waals surface area (Å²) in [5.41, 5.74) is 1.27. The summed E-state index contributed by atoms with van der Waals surface area (Å²) in [6.45, 7) is 1.61. The number of aromatic carboxylic acids is 1. The molecule has 0 amide bonds. The Labute approximate surface area is 129 Å². The van der Waals surface area contributed by atoms with Crippen LogP contribution >= 0.6 is 11.3 Å². The molecular formula is C16H9FN2O2S. The Bertz CT molecular complexity index is 957. The van der Waals surface area contributed by atoms with Crippen LogP contribution in [0.25, 0.3) is 21.3 Å². The molecule has 0 bridgehead atoms. The highest BCUT2D eigenvalue weighted by Crippen LogP contribution is 2.32. The minimum atomic E-state index is -1.05. The lowest BCUT2D eigenvalue weighted by Gasteiger charge is -2.04. The molecule has 2 aromatic carbocycles. The molecule has 1 aromatic heterocycles. The number of benzene rings is 2. The summed E-state index contributed by atoms with van der Waals surface area (Å²) in [7, 11) is 0. The number of halogens is 1. The number of aromatic nitrogens is 1. The van der Waals surface area contributed by atoms with Crippen molar-refractivity contribution in [2.24, 2.45) is 0 Å². The van der Waals surface area contributed by atoms with Gasteiger partial charge in [0.2, 0.25) is 0 Å². The molecule has 6 heteroatoms. The van der Waals surface area contributed by atoms with E-state index in [2.05, 4.69) is 4.98 Å². The standard InChI is InChI=1S/C16H9FN2O2S/c1-8-14(16(20)21)22-15(19-8)9-5-10(7-18)11-3-2-4-13(17)12(11)6-9/h2-6H,1H3,(H,20,21). The van der Waals surface area contributed by atoms with Crippen LogP contribution in [0.4, 0.5) is 4.39 Å². The van der Waals surface area contributed by atoms with Crippen molar-refractivity contribution >= 4 is 28.1 Å². The number of nitrogens with zero attached hydrogens (tertiary/aromatic N) is 2. The molecule has 108 valence electrons. The van der Waals surface area contributed by atoms with E-state index in [9.17, 15) is 14.4 Å². The number of rotatable bonds is 2. The third-order valence-corrected chi connectivity index (χ3v) is 4.50. The van der Waals surface area contributed by atoms with Gasteiger partial charge in [-0.25, -0.2) is 14.2 Å². The van der Waals surface area contributed by atoms with Crippen LogP contribution in [0.5, 0.6) is 0 Å². The Balaban J connectivity index is 2.28. The van der Waals surface area contributed by atoms with Crippen molar-refractivity contribution in [3.63, 3.8) is 0 Å². The van der Waals surface area contributed by atoms with E-state index in [-0.39, 0.29) is 4.88 Å². The Hall–Kier alpha value is -2.78. The first-order chi connectivity index (χ1) is 10.5. The van der Waals surface area contributed by atoms with Crippen molar-refractivity contribution in [2.45, 2.75) is 6.92 Å². The molecule has 3 rings (SSSR count). The smallest absolute Gasteiger partial charge is 0.347 e. The Kier molecular flexibility index (Phi) is 3.35. The fourth-order valence-corrected chi connectivity index (χ4v) is 3.18. The van der Waals surface area contributed by atoms with Crippen molar-refractivity contribution in [1.82, 2.24) is 4.98 Å². The molecule has 0 saturated carbocycles. The number of carboxylic acid groups (broad SMARTS) is 1. The molecule has 0 fully saturated rings. The third kappa shape index (κ3) is 2.22. The molecule has 1 N–H and O–H groups in total. The highest BCUT2D eigenvalue weighted by Gasteiger charge is 2.17. The fraction of sp³-hybridized carbons (Fsp3) is 0.0625. The summed E-state index contributed by atoms with van der Waals surface area (Å²) in [4.78, 5) is 15.5. The van der Waals surface area contributed by atoms with Gasteiger partial charge in [-0.15, -0.1) is 11.3 Å². The van der Waals surface area contributed by atoms with Gasteiger partial charge in [-0.1, -0.05) is 12.1 Å². The second-order valence-corrected chi connectivity index (χ2v) is 5.71. The van der Waals surface area contributed by atoms with Gasteiger partial charge in [0.15, 0.2) is 0 Å². The van der Waals surface area contributed by atoms with Crippen LogP contribution in [0.2, 0.25) is 0 Å². The zero-order valence-corrected chi connectivity index (χ0v) is 12.2. The van der Waals surface area contributed by atoms with Crippen molar-refractivity contribution in [3.8, 4) is 16.6 Å². The molecule has 22 heavy (non-hydrogen) atoms. The zero-order chi connectivity index (χ0) is 15.9. The number of aryl methyl sites for hydroxylation is 1. The molecule has 1 heterocycles. The van der Waals surface area contributed by atoms with Crippen LogP contribution in [-0.4, -0.2) is 16.1 Å². The SMILES string of the molecule is Cc1nc(-c2cc(C#N)c3cccc(F)c3c2)sc1C(=O)O. The quantitative estimate of drug-likeness (QED) is 0.776. The average molecular weight is 312 g/mol.